The van der Waals surface area contributed by atoms with Crippen molar-refractivity contribution in [1.29, 1.82) is 0 Å². The molecule has 2 aromatic carbocycles. The third-order valence-corrected chi connectivity index (χ3v) is 10.5. The Kier molecular flexibility index (Phi) is 15.3. The van der Waals surface area contributed by atoms with Gasteiger partial charge in [-0.2, -0.15) is 8.42 Å². The molecule has 0 aliphatic carbocycles. The number of amidine groups is 2. The Morgan fingerprint density at radius 2 is 1.17 bits per heavy atom. The largest absolute Gasteiger partial charge is 0.459 e. The van der Waals surface area contributed by atoms with Gasteiger partial charge in [0.15, 0.2) is 0 Å². The third kappa shape index (κ3) is 15.0. The quantitative estimate of drug-likeness (QED) is 0.0919. The molecule has 0 spiro atoms. The van der Waals surface area contributed by atoms with Crippen LogP contribution in [0.25, 0.3) is 0 Å². The fourth-order valence-electron chi connectivity index (χ4n) is 6.09. The Morgan fingerprint density at radius 1 is 0.750 bits per heavy atom. The number of piperazine rings is 1. The number of ether oxygens (including phenoxy) is 3. The molecule has 0 bridgehead atoms. The standard InChI is InChI=1S/C23H35N5O6S.C13H17N3O7S2/c1-16(21(29)34-23(2,3)4)27-12-10-26(11-13-27)14-19-15-28(22(30)33-19)18-8-6-17(7-9-18)20(24)25-35(5,31)32;1-24(18,19)15-12(14)9-3-5-10(6-4-9)16-7-11(23-13(16)17)8-22-25(2,20)21/h6-9,16,19H,10-15H2,1-5H3,(H2,24,25);3-6,11H,7-8H2,1-2H3,(H2,14,15). The number of cyclic esters (lactones) is 2. The van der Waals surface area contributed by atoms with E-state index in [9.17, 15) is 39.6 Å². The van der Waals surface area contributed by atoms with Crippen LogP contribution in [0, 0.1) is 0 Å². The average molecular weight is 901 g/mol. The number of nitrogens with zero attached hydrogens (tertiary/aromatic N) is 6. The molecule has 24 heteroatoms. The SMILES string of the molecule is CC(C(=O)OC(C)(C)C)N1CCN(CC2CN(c3ccc(C(N)=NS(C)(=O)=O)cc3)C(=O)O2)CC1.CS(=O)(=O)N=C(N)c1ccc(N2CC(COS(C)(=O)=O)OC2=O)cc1. The summed E-state index contributed by atoms with van der Waals surface area (Å²) in [5.74, 6) is -0.500. The summed E-state index contributed by atoms with van der Waals surface area (Å²) in [6.45, 7) is 11.3. The van der Waals surface area contributed by atoms with E-state index in [-0.39, 0.29) is 42.9 Å². The van der Waals surface area contributed by atoms with E-state index >= 15 is 0 Å². The monoisotopic (exact) mass is 900 g/mol. The molecule has 3 saturated heterocycles. The van der Waals surface area contributed by atoms with E-state index < -0.39 is 54.1 Å². The highest BCUT2D eigenvalue weighted by atomic mass is 32.2. The lowest BCUT2D eigenvalue weighted by molar-refractivity contribution is -0.161. The number of esters is 1. The zero-order chi connectivity index (χ0) is 44.8. The van der Waals surface area contributed by atoms with Crippen molar-refractivity contribution in [3.63, 3.8) is 0 Å². The van der Waals surface area contributed by atoms with Gasteiger partial charge in [-0.15, -0.1) is 8.80 Å². The highest BCUT2D eigenvalue weighted by Gasteiger charge is 2.36. The zero-order valence-corrected chi connectivity index (χ0v) is 36.8. The molecule has 3 unspecified atom stereocenters. The van der Waals surface area contributed by atoms with Gasteiger partial charge in [0.2, 0.25) is 0 Å². The van der Waals surface area contributed by atoms with Crippen molar-refractivity contribution < 1.29 is 58.0 Å². The van der Waals surface area contributed by atoms with E-state index in [1.165, 1.54) is 17.0 Å². The molecule has 2 amide bonds. The van der Waals surface area contributed by atoms with Gasteiger partial charge in [0, 0.05) is 55.2 Å². The van der Waals surface area contributed by atoms with Crippen LogP contribution in [0.2, 0.25) is 0 Å². The number of anilines is 2. The van der Waals surface area contributed by atoms with Gasteiger partial charge in [-0.1, -0.05) is 0 Å². The number of benzene rings is 2. The van der Waals surface area contributed by atoms with Gasteiger partial charge < -0.3 is 25.7 Å². The average Bonchev–Trinajstić information content (AvgIpc) is 3.69. The molecule has 4 N–H and O–H groups in total. The minimum atomic E-state index is -3.63. The summed E-state index contributed by atoms with van der Waals surface area (Å²) < 4.78 is 94.3. The molecular weight excluding hydrogens is 849 g/mol. The van der Waals surface area contributed by atoms with E-state index in [0.29, 0.717) is 35.6 Å². The van der Waals surface area contributed by atoms with Gasteiger partial charge in [-0.3, -0.25) is 28.6 Å². The van der Waals surface area contributed by atoms with Crippen LogP contribution in [0.1, 0.15) is 38.8 Å². The summed E-state index contributed by atoms with van der Waals surface area (Å²) in [4.78, 5) is 43.9. The van der Waals surface area contributed by atoms with Gasteiger partial charge in [-0.25, -0.2) is 26.4 Å². The van der Waals surface area contributed by atoms with E-state index in [4.69, 9.17) is 25.7 Å². The minimum absolute atomic E-state index is 0.110. The topological polar surface area (TPSA) is 280 Å². The Labute approximate surface area is 350 Å². The molecule has 5 rings (SSSR count). The van der Waals surface area contributed by atoms with Crippen LogP contribution in [-0.4, -0.2) is 160 Å². The van der Waals surface area contributed by atoms with E-state index in [2.05, 4.69) is 22.8 Å². The number of hydrogen-bond acceptors (Lipinski definition) is 15. The summed E-state index contributed by atoms with van der Waals surface area (Å²) in [6, 6.07) is 12.4. The van der Waals surface area contributed by atoms with Crippen molar-refractivity contribution in [2.24, 2.45) is 20.3 Å². The first-order valence-corrected chi connectivity index (χ1v) is 24.0. The van der Waals surface area contributed by atoms with Crippen molar-refractivity contribution in [3.8, 4) is 0 Å². The van der Waals surface area contributed by atoms with E-state index in [1.807, 2.05) is 27.7 Å². The van der Waals surface area contributed by atoms with Gasteiger partial charge in [-0.05, 0) is 76.2 Å². The lowest BCUT2D eigenvalue weighted by Crippen LogP contribution is -2.54. The molecule has 0 radical (unpaired) electrons. The van der Waals surface area contributed by atoms with Crippen LogP contribution in [0.15, 0.2) is 57.3 Å². The fourth-order valence-corrected chi connectivity index (χ4v) is 7.41. The van der Waals surface area contributed by atoms with Crippen LogP contribution in [0.5, 0.6) is 0 Å². The maximum Gasteiger partial charge on any atom is 0.414 e. The molecule has 3 aliphatic rings. The first kappa shape index (κ1) is 47.8. The van der Waals surface area contributed by atoms with Gasteiger partial charge >= 0.3 is 18.2 Å². The predicted molar refractivity (Wildman–Crippen MR) is 223 cm³/mol. The Hall–Kier alpha value is -4.88. The lowest BCUT2D eigenvalue weighted by Gasteiger charge is -2.38. The summed E-state index contributed by atoms with van der Waals surface area (Å²) in [7, 11) is -10.8. The molecule has 3 atom stereocenters. The summed E-state index contributed by atoms with van der Waals surface area (Å²) in [5, 5.41) is 0. The zero-order valence-electron chi connectivity index (χ0n) is 34.4. The van der Waals surface area contributed by atoms with Crippen LogP contribution in [0.3, 0.4) is 0 Å². The summed E-state index contributed by atoms with van der Waals surface area (Å²) in [5.41, 5.74) is 12.8. The van der Waals surface area contributed by atoms with Crippen molar-refractivity contribution >= 4 is 71.4 Å². The van der Waals surface area contributed by atoms with Crippen molar-refractivity contribution in [2.75, 3.05) is 81.0 Å². The summed E-state index contributed by atoms with van der Waals surface area (Å²) >= 11 is 0. The van der Waals surface area contributed by atoms with E-state index in [1.54, 1.807) is 41.3 Å². The summed E-state index contributed by atoms with van der Waals surface area (Å²) in [6.07, 6.45) is 0.712. The predicted octanol–water partition coefficient (Wildman–Crippen LogP) is 0.677. The number of amides is 2. The maximum absolute atomic E-state index is 12.5. The van der Waals surface area contributed by atoms with Crippen molar-refractivity contribution in [1.82, 2.24) is 9.80 Å². The lowest BCUT2D eigenvalue weighted by atomic mass is 10.1. The number of hydrogen-bond donors (Lipinski definition) is 2. The van der Waals surface area contributed by atoms with Gasteiger partial charge in [0.05, 0.1) is 31.9 Å². The van der Waals surface area contributed by atoms with E-state index in [0.717, 1.165) is 44.9 Å². The van der Waals surface area contributed by atoms with Gasteiger partial charge in [0.25, 0.3) is 30.2 Å². The normalized spacial score (nSPS) is 20.6. The van der Waals surface area contributed by atoms with Crippen LogP contribution < -0.4 is 21.3 Å². The molecular formula is C36H52N8O13S3. The highest BCUT2D eigenvalue weighted by molar-refractivity contribution is 7.89. The molecule has 0 saturated carbocycles. The number of carbonyl (C=O) groups is 3. The Bertz CT molecular complexity index is 2270. The number of nitrogens with two attached hydrogens (primary N) is 2. The molecule has 0 aromatic heterocycles. The first-order chi connectivity index (χ1) is 27.7. The van der Waals surface area contributed by atoms with Gasteiger partial charge in [0.1, 0.15) is 42.1 Å². The Balaban J connectivity index is 0.000000280. The van der Waals surface area contributed by atoms with Crippen LogP contribution in [0.4, 0.5) is 21.0 Å². The minimum Gasteiger partial charge on any atom is -0.459 e. The molecule has 2 aromatic rings. The Morgan fingerprint density at radius 3 is 1.57 bits per heavy atom. The molecule has 3 aliphatic heterocycles. The van der Waals surface area contributed by atoms with Crippen molar-refractivity contribution in [2.45, 2.75) is 51.5 Å². The smallest absolute Gasteiger partial charge is 0.414 e. The van der Waals surface area contributed by atoms with Crippen LogP contribution in [-0.2, 0) is 53.4 Å². The third-order valence-electron chi connectivity index (χ3n) is 8.86. The molecule has 3 fully saturated rings. The second-order valence-electron chi connectivity index (χ2n) is 15.3. The maximum atomic E-state index is 12.5. The molecule has 21 nitrogen and oxygen atoms in total. The molecule has 60 heavy (non-hydrogen) atoms. The first-order valence-electron chi connectivity index (χ1n) is 18.5. The fraction of sp³-hybridized carbons (Fsp3) is 0.528. The second-order valence-corrected chi connectivity index (χ2v) is 20.2. The molecule has 3 heterocycles. The highest BCUT2D eigenvalue weighted by Crippen LogP contribution is 2.25. The number of rotatable bonds is 13. The number of carbonyl (C=O) groups excluding carboxylic acids is 3. The molecule has 332 valence electrons. The second kappa shape index (κ2) is 19.2. The van der Waals surface area contributed by atoms with Crippen LogP contribution >= 0.6 is 0 Å². The number of sulfonamides is 2. The van der Waals surface area contributed by atoms with Crippen molar-refractivity contribution in [3.05, 3.63) is 59.7 Å².